The van der Waals surface area contributed by atoms with Crippen LogP contribution in [0.1, 0.15) is 6.42 Å². The Hall–Kier alpha value is -1.63. The van der Waals surface area contributed by atoms with Gasteiger partial charge in [0, 0.05) is 0 Å². The Balaban J connectivity index is 2.67. The molecule has 3 amide bonds. The number of aliphatic carboxylic acids is 1. The van der Waals surface area contributed by atoms with Crippen molar-refractivity contribution in [3.05, 3.63) is 0 Å². The van der Waals surface area contributed by atoms with Gasteiger partial charge in [-0.15, -0.1) is 0 Å². The Morgan fingerprint density at radius 3 is 2.69 bits per heavy atom. The van der Waals surface area contributed by atoms with Gasteiger partial charge in [-0.2, -0.15) is 0 Å². The van der Waals surface area contributed by atoms with Crippen molar-refractivity contribution >= 4 is 17.9 Å². The number of urea groups is 1. The first-order chi connectivity index (χ1) is 6.00. The maximum atomic E-state index is 10.9. The van der Waals surface area contributed by atoms with Crippen LogP contribution in [0.4, 0.5) is 4.79 Å². The van der Waals surface area contributed by atoms with E-state index in [0.29, 0.717) is 4.90 Å². The number of amides is 3. The number of carboxylic acids is 1. The number of carbonyl (C=O) groups excluding carboxylic acids is 2. The van der Waals surface area contributed by atoms with E-state index in [0.717, 1.165) is 0 Å². The molecule has 0 bridgehead atoms. The first-order valence-corrected chi connectivity index (χ1v) is 3.51. The van der Waals surface area contributed by atoms with Crippen LogP contribution in [0, 0.1) is 0 Å². The summed E-state index contributed by atoms with van der Waals surface area (Å²) in [7, 11) is 0. The molecule has 0 radical (unpaired) electrons. The number of imide groups is 1. The first kappa shape index (κ1) is 9.46. The smallest absolute Gasteiger partial charge is 0.326 e. The Morgan fingerprint density at radius 1 is 1.62 bits per heavy atom. The van der Waals surface area contributed by atoms with Gasteiger partial charge in [0.05, 0.1) is 6.42 Å². The van der Waals surface area contributed by atoms with Crippen LogP contribution in [0.5, 0.6) is 0 Å². The molecule has 1 aliphatic rings. The van der Waals surface area contributed by atoms with E-state index in [1.807, 2.05) is 5.32 Å². The monoisotopic (exact) mass is 188 g/mol. The van der Waals surface area contributed by atoms with E-state index in [1.165, 1.54) is 0 Å². The normalized spacial score (nSPS) is 22.8. The molecule has 1 aliphatic heterocycles. The van der Waals surface area contributed by atoms with Crippen molar-refractivity contribution in [1.29, 1.82) is 0 Å². The van der Waals surface area contributed by atoms with Crippen LogP contribution in [0.25, 0.3) is 0 Å². The third kappa shape index (κ3) is 2.15. The number of carbonyl (C=O) groups is 3. The summed E-state index contributed by atoms with van der Waals surface area (Å²) in [5.74, 6) is -1.86. The van der Waals surface area contributed by atoms with E-state index in [9.17, 15) is 14.4 Å². The topological polar surface area (TPSA) is 107 Å². The van der Waals surface area contributed by atoms with Gasteiger partial charge in [0.25, 0.3) is 0 Å². The van der Waals surface area contributed by atoms with E-state index in [1.54, 1.807) is 0 Å². The van der Waals surface area contributed by atoms with Gasteiger partial charge >= 0.3 is 12.0 Å². The molecule has 0 saturated carbocycles. The largest absolute Gasteiger partial charge is 0.480 e. The van der Waals surface area contributed by atoms with Crippen molar-refractivity contribution in [3.8, 4) is 0 Å². The molecule has 72 valence electrons. The van der Waals surface area contributed by atoms with Gasteiger partial charge in [-0.3, -0.25) is 19.8 Å². The second-order valence-corrected chi connectivity index (χ2v) is 2.56. The third-order valence-corrected chi connectivity index (χ3v) is 1.54. The molecule has 13 heavy (non-hydrogen) atoms. The lowest BCUT2D eigenvalue weighted by molar-refractivity contribution is -0.142. The average Bonchev–Trinajstić information content (AvgIpc) is 1.96. The predicted molar refractivity (Wildman–Crippen MR) is 38.5 cm³/mol. The minimum atomic E-state index is -1.35. The van der Waals surface area contributed by atoms with Crippen LogP contribution in [0.15, 0.2) is 0 Å². The maximum absolute atomic E-state index is 10.9. The fraction of sp³-hybridized carbons (Fsp3) is 0.500. The molecule has 0 aromatic heterocycles. The van der Waals surface area contributed by atoms with Crippen molar-refractivity contribution in [1.82, 2.24) is 10.2 Å². The Labute approximate surface area is 72.9 Å². The molecule has 0 aliphatic carbocycles. The van der Waals surface area contributed by atoms with Gasteiger partial charge < -0.3 is 10.2 Å². The number of aliphatic hydroxyl groups excluding tert-OH is 1. The van der Waals surface area contributed by atoms with Crippen LogP contribution in [0.2, 0.25) is 0 Å². The van der Waals surface area contributed by atoms with E-state index < -0.39 is 30.7 Å². The van der Waals surface area contributed by atoms with Crippen LogP contribution in [0.3, 0.4) is 0 Å². The molecule has 0 aromatic carbocycles. The number of rotatable bonds is 2. The number of hydrogen-bond acceptors (Lipinski definition) is 4. The minimum Gasteiger partial charge on any atom is -0.480 e. The first-order valence-electron chi connectivity index (χ1n) is 3.51. The molecular formula is C6H8N2O5. The predicted octanol–water partition coefficient (Wildman–Crippen LogP) is -1.67. The molecule has 1 atom stereocenters. The van der Waals surface area contributed by atoms with E-state index in [4.69, 9.17) is 10.2 Å². The van der Waals surface area contributed by atoms with Crippen LogP contribution < -0.4 is 5.32 Å². The third-order valence-electron chi connectivity index (χ3n) is 1.54. The molecule has 1 unspecified atom stereocenters. The standard InChI is InChI=1S/C6H8N2O5/c9-3-1-4(10)8(2-5(11)12)6(13)7-3/h4,10H,1-2H2,(H,11,12)(H,7,9,13). The highest BCUT2D eigenvalue weighted by atomic mass is 16.4. The number of aliphatic hydroxyl groups is 1. The summed E-state index contributed by atoms with van der Waals surface area (Å²) in [5, 5.41) is 19.4. The van der Waals surface area contributed by atoms with Gasteiger partial charge in [-0.25, -0.2) is 4.79 Å². The van der Waals surface area contributed by atoms with E-state index >= 15 is 0 Å². The summed E-state index contributed by atoms with van der Waals surface area (Å²) in [4.78, 5) is 32.5. The highest BCUT2D eigenvalue weighted by Gasteiger charge is 2.31. The van der Waals surface area contributed by atoms with E-state index in [-0.39, 0.29) is 6.42 Å². The number of hydrogen-bond donors (Lipinski definition) is 3. The van der Waals surface area contributed by atoms with Gasteiger partial charge in [0.1, 0.15) is 12.8 Å². The van der Waals surface area contributed by atoms with Crippen molar-refractivity contribution < 1.29 is 24.6 Å². The number of carboxylic acid groups (broad SMARTS) is 1. The van der Waals surface area contributed by atoms with Gasteiger partial charge in [-0.1, -0.05) is 0 Å². The lowest BCUT2D eigenvalue weighted by atomic mass is 10.2. The molecule has 1 fully saturated rings. The summed E-state index contributed by atoms with van der Waals surface area (Å²) in [6.07, 6.45) is -1.64. The zero-order chi connectivity index (χ0) is 10.0. The Morgan fingerprint density at radius 2 is 2.23 bits per heavy atom. The fourth-order valence-electron chi connectivity index (χ4n) is 0.976. The second-order valence-electron chi connectivity index (χ2n) is 2.56. The Kier molecular flexibility index (Phi) is 2.47. The number of nitrogens with zero attached hydrogens (tertiary/aromatic N) is 1. The molecule has 7 heteroatoms. The lowest BCUT2D eigenvalue weighted by Crippen LogP contribution is -2.56. The van der Waals surface area contributed by atoms with Crippen molar-refractivity contribution in [3.63, 3.8) is 0 Å². The van der Waals surface area contributed by atoms with Crippen LogP contribution in [-0.4, -0.2) is 45.8 Å². The number of nitrogens with one attached hydrogen (secondary N) is 1. The summed E-state index contributed by atoms with van der Waals surface area (Å²) in [6.45, 7) is -0.625. The van der Waals surface area contributed by atoms with Crippen molar-refractivity contribution in [2.75, 3.05) is 6.54 Å². The van der Waals surface area contributed by atoms with E-state index in [2.05, 4.69) is 0 Å². The van der Waals surface area contributed by atoms with Gasteiger partial charge in [-0.05, 0) is 0 Å². The van der Waals surface area contributed by atoms with Crippen LogP contribution >= 0.6 is 0 Å². The second kappa shape index (κ2) is 3.40. The summed E-state index contributed by atoms with van der Waals surface area (Å²) < 4.78 is 0. The Bertz CT molecular complexity index is 264. The average molecular weight is 188 g/mol. The molecule has 3 N–H and O–H groups in total. The molecule has 7 nitrogen and oxygen atoms in total. The maximum Gasteiger partial charge on any atom is 0.326 e. The fourth-order valence-corrected chi connectivity index (χ4v) is 0.976. The highest BCUT2D eigenvalue weighted by molar-refractivity contribution is 5.97. The zero-order valence-electron chi connectivity index (χ0n) is 6.56. The highest BCUT2D eigenvalue weighted by Crippen LogP contribution is 2.06. The van der Waals surface area contributed by atoms with Crippen LogP contribution in [-0.2, 0) is 9.59 Å². The minimum absolute atomic E-state index is 0.293. The molecule has 1 heterocycles. The summed E-state index contributed by atoms with van der Waals surface area (Å²) in [6, 6.07) is -0.883. The molecule has 0 spiro atoms. The quantitative estimate of drug-likeness (QED) is 0.480. The zero-order valence-corrected chi connectivity index (χ0v) is 6.56. The SMILES string of the molecule is O=C(O)CN1C(=O)NC(=O)CC1O. The molecule has 1 rings (SSSR count). The van der Waals surface area contributed by atoms with Crippen molar-refractivity contribution in [2.24, 2.45) is 0 Å². The van der Waals surface area contributed by atoms with Gasteiger partial charge in [0.15, 0.2) is 0 Å². The van der Waals surface area contributed by atoms with Crippen molar-refractivity contribution in [2.45, 2.75) is 12.6 Å². The molecule has 1 saturated heterocycles. The summed E-state index contributed by atoms with van der Waals surface area (Å²) in [5.41, 5.74) is 0. The lowest BCUT2D eigenvalue weighted by Gasteiger charge is -2.29. The molecule has 0 aromatic rings. The molecular weight excluding hydrogens is 180 g/mol. The summed E-state index contributed by atoms with van der Waals surface area (Å²) >= 11 is 0. The van der Waals surface area contributed by atoms with Gasteiger partial charge in [0.2, 0.25) is 5.91 Å².